The van der Waals surface area contributed by atoms with Gasteiger partial charge in [0.1, 0.15) is 5.58 Å². The molecule has 0 aliphatic carbocycles. The van der Waals surface area contributed by atoms with E-state index in [0.29, 0.717) is 21.1 Å². The standard InChI is InChI=1S/C20H12BrN3O2S/c1-11-13-7-3-5-9-15(13)26-17(11)18-22-20-24(23-18)19(25)16(27-20)10-12-6-2-4-8-14(12)21/h2-10H,1H3/b16-10+. The summed E-state index contributed by atoms with van der Waals surface area (Å²) in [5, 5.41) is 5.43. The Labute approximate surface area is 165 Å². The average molecular weight is 438 g/mol. The van der Waals surface area contributed by atoms with E-state index in [2.05, 4.69) is 26.0 Å². The van der Waals surface area contributed by atoms with Gasteiger partial charge in [-0.2, -0.15) is 9.50 Å². The predicted octanol–water partition coefficient (Wildman–Crippen LogP) is 4.18. The fourth-order valence-corrected chi connectivity index (χ4v) is 4.35. The number of hydrogen-bond acceptors (Lipinski definition) is 5. The Morgan fingerprint density at radius 1 is 1.15 bits per heavy atom. The summed E-state index contributed by atoms with van der Waals surface area (Å²) in [6.45, 7) is 1.97. The van der Waals surface area contributed by atoms with Crippen molar-refractivity contribution in [3.05, 3.63) is 79.0 Å². The summed E-state index contributed by atoms with van der Waals surface area (Å²) in [6.07, 6.45) is 1.85. The SMILES string of the molecule is Cc1c(-c2nc3s/c(=C/c4ccccc4Br)c(=O)n3n2)oc2ccccc12. The topological polar surface area (TPSA) is 60.4 Å². The number of para-hydroxylation sites is 1. The maximum atomic E-state index is 12.7. The van der Waals surface area contributed by atoms with Crippen molar-refractivity contribution < 1.29 is 4.42 Å². The lowest BCUT2D eigenvalue weighted by atomic mass is 10.1. The third-order valence-electron chi connectivity index (χ3n) is 4.42. The summed E-state index contributed by atoms with van der Waals surface area (Å²) in [5.41, 5.74) is 2.51. The van der Waals surface area contributed by atoms with Crippen LogP contribution in [0.1, 0.15) is 11.1 Å². The summed E-state index contributed by atoms with van der Waals surface area (Å²) in [5.74, 6) is 1.03. The van der Waals surface area contributed by atoms with E-state index in [1.807, 2.05) is 61.5 Å². The molecule has 0 bridgehead atoms. The first-order valence-electron chi connectivity index (χ1n) is 8.26. The highest BCUT2D eigenvalue weighted by molar-refractivity contribution is 9.10. The molecule has 3 aromatic heterocycles. The minimum absolute atomic E-state index is 0.182. The molecule has 0 unspecified atom stereocenters. The van der Waals surface area contributed by atoms with Crippen LogP contribution in [0.4, 0.5) is 0 Å². The van der Waals surface area contributed by atoms with Crippen LogP contribution in [-0.4, -0.2) is 14.6 Å². The summed E-state index contributed by atoms with van der Waals surface area (Å²) in [7, 11) is 0. The van der Waals surface area contributed by atoms with E-state index in [0.717, 1.165) is 26.6 Å². The third kappa shape index (κ3) is 2.62. The van der Waals surface area contributed by atoms with Crippen LogP contribution in [0, 0.1) is 6.92 Å². The lowest BCUT2D eigenvalue weighted by Gasteiger charge is -1.94. The van der Waals surface area contributed by atoms with Crippen LogP contribution in [0.2, 0.25) is 0 Å². The molecule has 0 radical (unpaired) electrons. The van der Waals surface area contributed by atoms with Gasteiger partial charge in [0.05, 0.1) is 4.53 Å². The summed E-state index contributed by atoms with van der Waals surface area (Å²) in [4.78, 5) is 17.8. The van der Waals surface area contributed by atoms with Gasteiger partial charge in [0.15, 0.2) is 5.76 Å². The van der Waals surface area contributed by atoms with Gasteiger partial charge in [0.2, 0.25) is 10.8 Å². The zero-order valence-electron chi connectivity index (χ0n) is 14.1. The first kappa shape index (κ1) is 16.4. The van der Waals surface area contributed by atoms with Crippen LogP contribution >= 0.6 is 27.3 Å². The Morgan fingerprint density at radius 2 is 1.93 bits per heavy atom. The van der Waals surface area contributed by atoms with E-state index in [9.17, 15) is 4.79 Å². The third-order valence-corrected chi connectivity index (χ3v) is 6.10. The molecule has 5 nitrogen and oxygen atoms in total. The van der Waals surface area contributed by atoms with Gasteiger partial charge < -0.3 is 4.42 Å². The van der Waals surface area contributed by atoms with Crippen molar-refractivity contribution in [3.63, 3.8) is 0 Å². The maximum absolute atomic E-state index is 12.7. The van der Waals surface area contributed by atoms with E-state index < -0.39 is 0 Å². The van der Waals surface area contributed by atoms with Crippen molar-refractivity contribution >= 4 is 49.3 Å². The second kappa shape index (κ2) is 6.14. The van der Waals surface area contributed by atoms with E-state index in [1.165, 1.54) is 15.9 Å². The van der Waals surface area contributed by atoms with Gasteiger partial charge in [-0.1, -0.05) is 63.7 Å². The first-order chi connectivity index (χ1) is 13.1. The van der Waals surface area contributed by atoms with Crippen molar-refractivity contribution in [2.75, 3.05) is 0 Å². The molecule has 3 heterocycles. The van der Waals surface area contributed by atoms with Crippen LogP contribution in [0.3, 0.4) is 0 Å². The van der Waals surface area contributed by atoms with Gasteiger partial charge in [-0.15, -0.1) is 5.10 Å². The summed E-state index contributed by atoms with van der Waals surface area (Å²) < 4.78 is 8.78. The monoisotopic (exact) mass is 437 g/mol. The Kier molecular flexibility index (Phi) is 3.73. The Morgan fingerprint density at radius 3 is 2.70 bits per heavy atom. The van der Waals surface area contributed by atoms with Crippen LogP contribution in [-0.2, 0) is 0 Å². The van der Waals surface area contributed by atoms with Crippen LogP contribution in [0.15, 0.2) is 62.2 Å². The van der Waals surface area contributed by atoms with Crippen LogP contribution in [0.25, 0.3) is 33.6 Å². The van der Waals surface area contributed by atoms with Gasteiger partial charge in [0.25, 0.3) is 5.56 Å². The fourth-order valence-electron chi connectivity index (χ4n) is 3.05. The van der Waals surface area contributed by atoms with Crippen molar-refractivity contribution in [2.45, 2.75) is 6.92 Å². The van der Waals surface area contributed by atoms with Gasteiger partial charge in [-0.05, 0) is 30.7 Å². The maximum Gasteiger partial charge on any atom is 0.291 e. The lowest BCUT2D eigenvalue weighted by Crippen LogP contribution is -2.23. The van der Waals surface area contributed by atoms with Gasteiger partial charge in [-0.25, -0.2) is 0 Å². The normalized spacial score (nSPS) is 12.4. The molecule has 2 aromatic carbocycles. The quantitative estimate of drug-likeness (QED) is 0.415. The Balaban J connectivity index is 1.67. The molecule has 5 aromatic rings. The molecular formula is C20H12BrN3O2S. The number of hydrogen-bond donors (Lipinski definition) is 0. The molecule has 0 amide bonds. The number of fused-ring (bicyclic) bond motifs is 2. The van der Waals surface area contributed by atoms with Crippen molar-refractivity contribution in [1.29, 1.82) is 0 Å². The summed E-state index contributed by atoms with van der Waals surface area (Å²) >= 11 is 4.82. The van der Waals surface area contributed by atoms with Crippen LogP contribution < -0.4 is 10.1 Å². The highest BCUT2D eigenvalue weighted by Crippen LogP contribution is 2.31. The average Bonchev–Trinajstić information content (AvgIpc) is 3.31. The lowest BCUT2D eigenvalue weighted by molar-refractivity contribution is 0.622. The van der Waals surface area contributed by atoms with E-state index in [4.69, 9.17) is 4.42 Å². The molecule has 0 atom stereocenters. The number of benzene rings is 2. The van der Waals surface area contributed by atoms with Gasteiger partial charge in [0, 0.05) is 15.4 Å². The number of thiazole rings is 1. The molecule has 0 N–H and O–H groups in total. The van der Waals surface area contributed by atoms with Crippen molar-refractivity contribution in [2.24, 2.45) is 0 Å². The Hall–Kier alpha value is -2.77. The van der Waals surface area contributed by atoms with E-state index >= 15 is 0 Å². The molecule has 27 heavy (non-hydrogen) atoms. The second-order valence-electron chi connectivity index (χ2n) is 6.12. The summed E-state index contributed by atoms with van der Waals surface area (Å²) in [6, 6.07) is 15.6. The molecule has 0 saturated carbocycles. The number of rotatable bonds is 2. The van der Waals surface area contributed by atoms with Crippen molar-refractivity contribution in [3.8, 4) is 11.6 Å². The number of nitrogens with zero attached hydrogens (tertiary/aromatic N) is 3. The minimum atomic E-state index is -0.182. The minimum Gasteiger partial charge on any atom is -0.452 e. The molecule has 7 heteroatoms. The van der Waals surface area contributed by atoms with Gasteiger partial charge >= 0.3 is 0 Å². The number of halogens is 1. The largest absolute Gasteiger partial charge is 0.452 e. The van der Waals surface area contributed by atoms with Crippen molar-refractivity contribution in [1.82, 2.24) is 14.6 Å². The second-order valence-corrected chi connectivity index (χ2v) is 7.98. The molecule has 0 spiro atoms. The Bertz CT molecular complexity index is 1430. The highest BCUT2D eigenvalue weighted by Gasteiger charge is 2.18. The highest BCUT2D eigenvalue weighted by atomic mass is 79.9. The molecule has 0 fully saturated rings. The molecule has 0 aliphatic heterocycles. The van der Waals surface area contributed by atoms with Gasteiger partial charge in [-0.3, -0.25) is 4.79 Å². The molecule has 0 saturated heterocycles. The molecule has 0 aliphatic rings. The number of aromatic nitrogens is 3. The zero-order chi connectivity index (χ0) is 18.5. The fraction of sp³-hybridized carbons (Fsp3) is 0.0500. The smallest absolute Gasteiger partial charge is 0.291 e. The van der Waals surface area contributed by atoms with Crippen LogP contribution in [0.5, 0.6) is 0 Å². The van der Waals surface area contributed by atoms with E-state index in [-0.39, 0.29) is 5.56 Å². The molecular weight excluding hydrogens is 426 g/mol. The number of furan rings is 1. The molecule has 132 valence electrons. The number of aryl methyl sites for hydroxylation is 1. The zero-order valence-corrected chi connectivity index (χ0v) is 16.5. The van der Waals surface area contributed by atoms with E-state index in [1.54, 1.807) is 0 Å². The predicted molar refractivity (Wildman–Crippen MR) is 110 cm³/mol. The molecule has 5 rings (SSSR count). The first-order valence-corrected chi connectivity index (χ1v) is 9.87.